The Hall–Kier alpha value is -0.970. The van der Waals surface area contributed by atoms with E-state index in [4.69, 9.17) is 5.84 Å². The summed E-state index contributed by atoms with van der Waals surface area (Å²) in [7, 11) is 0. The fourth-order valence-electron chi connectivity index (χ4n) is 1.82. The molecule has 0 aliphatic heterocycles. The molecule has 1 unspecified atom stereocenters. The Bertz CT molecular complexity index is 464. The summed E-state index contributed by atoms with van der Waals surface area (Å²) in [6, 6.07) is 4.41. The van der Waals surface area contributed by atoms with Gasteiger partial charge in [0.15, 0.2) is 0 Å². The molecule has 0 aromatic carbocycles. The smallest absolute Gasteiger partial charge is 0.0809 e. The van der Waals surface area contributed by atoms with Crippen molar-refractivity contribution in [1.29, 1.82) is 0 Å². The third kappa shape index (κ3) is 2.40. The SMILES string of the molecule is CC(C)CC(NN)c1cnc2ccsc2c1. The summed E-state index contributed by atoms with van der Waals surface area (Å²) >= 11 is 1.72. The van der Waals surface area contributed by atoms with Gasteiger partial charge < -0.3 is 0 Å². The molecule has 3 N–H and O–H groups in total. The van der Waals surface area contributed by atoms with Crippen LogP contribution in [0.3, 0.4) is 0 Å². The second-order valence-electron chi connectivity index (χ2n) is 4.42. The van der Waals surface area contributed by atoms with Crippen molar-refractivity contribution in [3.05, 3.63) is 29.3 Å². The van der Waals surface area contributed by atoms with Gasteiger partial charge in [0.25, 0.3) is 0 Å². The summed E-state index contributed by atoms with van der Waals surface area (Å²) in [4.78, 5) is 4.43. The van der Waals surface area contributed by atoms with Crippen molar-refractivity contribution in [3.8, 4) is 0 Å². The Labute approximate surface area is 99.7 Å². The number of rotatable bonds is 4. The van der Waals surface area contributed by atoms with Crippen LogP contribution in [0.15, 0.2) is 23.7 Å². The predicted molar refractivity (Wildman–Crippen MR) is 69.1 cm³/mol. The maximum atomic E-state index is 5.60. The van der Waals surface area contributed by atoms with Gasteiger partial charge in [0.05, 0.1) is 10.2 Å². The van der Waals surface area contributed by atoms with E-state index in [-0.39, 0.29) is 6.04 Å². The van der Waals surface area contributed by atoms with Gasteiger partial charge in [-0.25, -0.2) is 0 Å². The van der Waals surface area contributed by atoms with Crippen molar-refractivity contribution in [1.82, 2.24) is 10.4 Å². The molecule has 16 heavy (non-hydrogen) atoms. The van der Waals surface area contributed by atoms with Gasteiger partial charge in [-0.1, -0.05) is 13.8 Å². The summed E-state index contributed by atoms with van der Waals surface area (Å²) in [6.07, 6.45) is 2.94. The minimum Gasteiger partial charge on any atom is -0.271 e. The number of hydrogen-bond acceptors (Lipinski definition) is 4. The van der Waals surface area contributed by atoms with Gasteiger partial charge in [-0.15, -0.1) is 11.3 Å². The molecule has 0 bridgehead atoms. The highest BCUT2D eigenvalue weighted by Crippen LogP contribution is 2.25. The number of aromatic nitrogens is 1. The summed E-state index contributed by atoms with van der Waals surface area (Å²) in [6.45, 7) is 4.39. The zero-order chi connectivity index (χ0) is 11.5. The van der Waals surface area contributed by atoms with E-state index in [9.17, 15) is 0 Å². The number of hydrazine groups is 1. The topological polar surface area (TPSA) is 50.9 Å². The zero-order valence-electron chi connectivity index (χ0n) is 9.60. The number of pyridine rings is 1. The number of nitrogens with two attached hydrogens (primary N) is 1. The first-order valence-corrected chi connectivity index (χ1v) is 6.38. The van der Waals surface area contributed by atoms with Crippen LogP contribution in [0.4, 0.5) is 0 Å². The summed E-state index contributed by atoms with van der Waals surface area (Å²) in [5.41, 5.74) is 5.11. The van der Waals surface area contributed by atoms with Crippen LogP contribution in [0, 0.1) is 5.92 Å². The van der Waals surface area contributed by atoms with Crippen molar-refractivity contribution in [3.63, 3.8) is 0 Å². The standard InChI is InChI=1S/C12H17N3S/c1-8(2)5-11(15-13)9-6-12-10(14-7-9)3-4-16-12/h3-4,6-8,11,15H,5,13H2,1-2H3. The van der Waals surface area contributed by atoms with E-state index in [1.807, 2.05) is 12.3 Å². The van der Waals surface area contributed by atoms with Crippen LogP contribution >= 0.6 is 11.3 Å². The van der Waals surface area contributed by atoms with Crippen molar-refractivity contribution >= 4 is 21.6 Å². The largest absolute Gasteiger partial charge is 0.271 e. The maximum absolute atomic E-state index is 5.60. The minimum absolute atomic E-state index is 0.194. The Morgan fingerprint density at radius 2 is 2.31 bits per heavy atom. The second-order valence-corrected chi connectivity index (χ2v) is 5.37. The number of fused-ring (bicyclic) bond motifs is 1. The molecule has 2 heterocycles. The monoisotopic (exact) mass is 235 g/mol. The number of hydrogen-bond donors (Lipinski definition) is 2. The Morgan fingerprint density at radius 3 is 3.00 bits per heavy atom. The van der Waals surface area contributed by atoms with E-state index in [2.05, 4.69) is 35.7 Å². The van der Waals surface area contributed by atoms with Gasteiger partial charge >= 0.3 is 0 Å². The first-order valence-electron chi connectivity index (χ1n) is 5.50. The van der Waals surface area contributed by atoms with E-state index in [0.29, 0.717) is 5.92 Å². The van der Waals surface area contributed by atoms with Crippen LogP contribution in [-0.2, 0) is 0 Å². The number of nitrogens with zero attached hydrogens (tertiary/aromatic N) is 1. The van der Waals surface area contributed by atoms with E-state index < -0.39 is 0 Å². The Morgan fingerprint density at radius 1 is 1.50 bits per heavy atom. The molecule has 0 spiro atoms. The zero-order valence-corrected chi connectivity index (χ0v) is 10.4. The Balaban J connectivity index is 2.29. The van der Waals surface area contributed by atoms with Gasteiger partial charge in [0, 0.05) is 12.2 Å². The molecule has 4 heteroatoms. The lowest BCUT2D eigenvalue weighted by molar-refractivity contribution is 0.437. The van der Waals surface area contributed by atoms with Crippen molar-refractivity contribution in [2.75, 3.05) is 0 Å². The fraction of sp³-hybridized carbons (Fsp3) is 0.417. The van der Waals surface area contributed by atoms with Crippen LogP contribution in [-0.4, -0.2) is 4.98 Å². The molecule has 0 aliphatic rings. The average molecular weight is 235 g/mol. The lowest BCUT2D eigenvalue weighted by atomic mass is 9.99. The van der Waals surface area contributed by atoms with Crippen molar-refractivity contribution < 1.29 is 0 Å². The molecule has 0 amide bonds. The minimum atomic E-state index is 0.194. The molecular formula is C12H17N3S. The number of nitrogens with one attached hydrogen (secondary N) is 1. The molecule has 2 rings (SSSR count). The molecule has 1 atom stereocenters. The molecule has 0 saturated heterocycles. The van der Waals surface area contributed by atoms with Crippen LogP contribution in [0.1, 0.15) is 31.9 Å². The normalized spacial score (nSPS) is 13.5. The van der Waals surface area contributed by atoms with E-state index in [0.717, 1.165) is 11.9 Å². The average Bonchev–Trinajstić information content (AvgIpc) is 2.72. The molecule has 0 aliphatic carbocycles. The molecule has 3 nitrogen and oxygen atoms in total. The highest BCUT2D eigenvalue weighted by molar-refractivity contribution is 7.17. The van der Waals surface area contributed by atoms with Crippen LogP contribution < -0.4 is 11.3 Å². The van der Waals surface area contributed by atoms with Crippen LogP contribution in [0.25, 0.3) is 10.2 Å². The first kappa shape index (κ1) is 11.5. The van der Waals surface area contributed by atoms with Gasteiger partial charge in [-0.2, -0.15) is 0 Å². The quantitative estimate of drug-likeness (QED) is 0.633. The van der Waals surface area contributed by atoms with Crippen LogP contribution in [0.2, 0.25) is 0 Å². The predicted octanol–water partition coefficient (Wildman–Crippen LogP) is 2.85. The van der Waals surface area contributed by atoms with E-state index >= 15 is 0 Å². The Kier molecular flexibility index (Phi) is 3.53. The fourth-order valence-corrected chi connectivity index (χ4v) is 2.61. The number of thiophene rings is 1. The molecule has 0 radical (unpaired) electrons. The maximum Gasteiger partial charge on any atom is 0.0809 e. The third-order valence-electron chi connectivity index (χ3n) is 2.63. The molecular weight excluding hydrogens is 218 g/mol. The van der Waals surface area contributed by atoms with E-state index in [1.165, 1.54) is 10.3 Å². The highest BCUT2D eigenvalue weighted by Gasteiger charge is 2.12. The van der Waals surface area contributed by atoms with Crippen molar-refractivity contribution in [2.24, 2.45) is 11.8 Å². The lowest BCUT2D eigenvalue weighted by Gasteiger charge is -2.18. The van der Waals surface area contributed by atoms with Gasteiger partial charge in [0.2, 0.25) is 0 Å². The summed E-state index contributed by atoms with van der Waals surface area (Å²) in [5, 5.41) is 2.06. The molecule has 0 saturated carbocycles. The molecule has 2 aromatic heterocycles. The summed E-state index contributed by atoms with van der Waals surface area (Å²) < 4.78 is 1.22. The first-order chi connectivity index (χ1) is 7.70. The van der Waals surface area contributed by atoms with E-state index in [1.54, 1.807) is 11.3 Å². The van der Waals surface area contributed by atoms with Gasteiger partial charge in [-0.3, -0.25) is 16.3 Å². The molecule has 86 valence electrons. The summed E-state index contributed by atoms with van der Waals surface area (Å²) in [5.74, 6) is 6.21. The van der Waals surface area contributed by atoms with Crippen molar-refractivity contribution in [2.45, 2.75) is 26.3 Å². The second kappa shape index (κ2) is 4.91. The van der Waals surface area contributed by atoms with Crippen LogP contribution in [0.5, 0.6) is 0 Å². The van der Waals surface area contributed by atoms with Gasteiger partial charge in [0.1, 0.15) is 0 Å². The highest BCUT2D eigenvalue weighted by atomic mass is 32.1. The lowest BCUT2D eigenvalue weighted by Crippen LogP contribution is -2.29. The molecule has 2 aromatic rings. The van der Waals surface area contributed by atoms with Gasteiger partial charge in [-0.05, 0) is 35.4 Å². The third-order valence-corrected chi connectivity index (χ3v) is 3.49. The molecule has 0 fully saturated rings.